The molecular weight excluding hydrogens is 316 g/mol. The second-order valence-corrected chi connectivity index (χ2v) is 5.79. The number of ether oxygens (including phenoxy) is 1. The number of hydrogen-bond acceptors (Lipinski definition) is 6. The molecule has 2 aromatic heterocycles. The SMILES string of the molecule is CCC(OC(=O)c1ccco1)C(=O)Nc1nc2ccccc2s1. The van der Waals surface area contributed by atoms with Gasteiger partial charge in [-0.3, -0.25) is 10.1 Å². The van der Waals surface area contributed by atoms with E-state index in [0.717, 1.165) is 10.2 Å². The first kappa shape index (κ1) is 15.2. The van der Waals surface area contributed by atoms with Crippen molar-refractivity contribution in [1.82, 2.24) is 4.98 Å². The summed E-state index contributed by atoms with van der Waals surface area (Å²) >= 11 is 1.37. The third-order valence-electron chi connectivity index (χ3n) is 3.16. The Bertz CT molecular complexity index is 793. The van der Waals surface area contributed by atoms with Crippen LogP contribution in [0.3, 0.4) is 0 Å². The maximum atomic E-state index is 12.3. The van der Waals surface area contributed by atoms with E-state index in [-0.39, 0.29) is 5.76 Å². The molecule has 1 aromatic carbocycles. The van der Waals surface area contributed by atoms with E-state index in [4.69, 9.17) is 9.15 Å². The highest BCUT2D eigenvalue weighted by Gasteiger charge is 2.24. The topological polar surface area (TPSA) is 81.4 Å². The molecular formula is C16H14N2O4S. The minimum atomic E-state index is -0.903. The number of para-hydroxylation sites is 1. The van der Waals surface area contributed by atoms with Gasteiger partial charge in [-0.15, -0.1) is 0 Å². The Hall–Kier alpha value is -2.67. The van der Waals surface area contributed by atoms with E-state index in [1.54, 1.807) is 13.0 Å². The van der Waals surface area contributed by atoms with Gasteiger partial charge in [-0.25, -0.2) is 9.78 Å². The van der Waals surface area contributed by atoms with Crippen LogP contribution in [0.1, 0.15) is 23.9 Å². The standard InChI is InChI=1S/C16H14N2O4S/c1-2-11(22-15(20)12-7-5-9-21-12)14(19)18-16-17-10-6-3-4-8-13(10)23-16/h3-9,11H,2H2,1H3,(H,17,18,19). The van der Waals surface area contributed by atoms with Crippen molar-refractivity contribution < 1.29 is 18.7 Å². The van der Waals surface area contributed by atoms with E-state index in [1.165, 1.54) is 23.7 Å². The normalized spacial score (nSPS) is 12.0. The molecule has 3 aromatic rings. The van der Waals surface area contributed by atoms with Crippen molar-refractivity contribution in [3.05, 3.63) is 48.4 Å². The van der Waals surface area contributed by atoms with E-state index >= 15 is 0 Å². The summed E-state index contributed by atoms with van der Waals surface area (Å²) in [7, 11) is 0. The Balaban J connectivity index is 1.68. The summed E-state index contributed by atoms with van der Waals surface area (Å²) in [5.74, 6) is -1.01. The van der Waals surface area contributed by atoms with Gasteiger partial charge >= 0.3 is 5.97 Å². The molecule has 0 bridgehead atoms. The predicted octanol–water partition coefficient (Wildman–Crippen LogP) is 3.46. The molecule has 0 aliphatic heterocycles. The molecule has 1 N–H and O–H groups in total. The minimum absolute atomic E-state index is 0.0660. The molecule has 0 spiro atoms. The zero-order chi connectivity index (χ0) is 16.2. The Kier molecular flexibility index (Phi) is 4.38. The van der Waals surface area contributed by atoms with Gasteiger partial charge in [0.05, 0.1) is 16.5 Å². The Morgan fingerprint density at radius 2 is 2.13 bits per heavy atom. The van der Waals surface area contributed by atoms with Crippen LogP contribution in [0.15, 0.2) is 47.1 Å². The maximum Gasteiger partial charge on any atom is 0.374 e. The molecule has 0 saturated carbocycles. The lowest BCUT2D eigenvalue weighted by atomic mass is 10.2. The van der Waals surface area contributed by atoms with Crippen molar-refractivity contribution in [1.29, 1.82) is 0 Å². The Morgan fingerprint density at radius 3 is 2.83 bits per heavy atom. The molecule has 3 rings (SSSR count). The maximum absolute atomic E-state index is 12.3. The van der Waals surface area contributed by atoms with Crippen LogP contribution in [0.4, 0.5) is 5.13 Å². The number of furan rings is 1. The van der Waals surface area contributed by atoms with Gasteiger partial charge in [0.25, 0.3) is 5.91 Å². The smallest absolute Gasteiger partial charge is 0.374 e. The Labute approximate surface area is 136 Å². The number of nitrogens with zero attached hydrogens (tertiary/aromatic N) is 1. The quantitative estimate of drug-likeness (QED) is 0.725. The van der Waals surface area contributed by atoms with Gasteiger partial charge < -0.3 is 9.15 Å². The average molecular weight is 330 g/mol. The Morgan fingerprint density at radius 1 is 1.30 bits per heavy atom. The molecule has 23 heavy (non-hydrogen) atoms. The number of rotatable bonds is 5. The monoisotopic (exact) mass is 330 g/mol. The molecule has 0 radical (unpaired) electrons. The van der Waals surface area contributed by atoms with E-state index < -0.39 is 18.0 Å². The fourth-order valence-corrected chi connectivity index (χ4v) is 2.88. The highest BCUT2D eigenvalue weighted by molar-refractivity contribution is 7.22. The first-order chi connectivity index (χ1) is 11.2. The lowest BCUT2D eigenvalue weighted by Crippen LogP contribution is -2.31. The largest absolute Gasteiger partial charge is 0.457 e. The lowest BCUT2D eigenvalue weighted by Gasteiger charge is -2.14. The number of nitrogens with one attached hydrogen (secondary N) is 1. The van der Waals surface area contributed by atoms with Crippen molar-refractivity contribution in [2.45, 2.75) is 19.4 Å². The van der Waals surface area contributed by atoms with Gasteiger partial charge in [0.15, 0.2) is 11.2 Å². The second kappa shape index (κ2) is 6.62. The summed E-state index contributed by atoms with van der Waals surface area (Å²) in [6.45, 7) is 1.76. The number of carbonyl (C=O) groups excluding carboxylic acids is 2. The van der Waals surface area contributed by atoms with Gasteiger partial charge in [-0.2, -0.15) is 0 Å². The molecule has 7 heteroatoms. The molecule has 1 amide bonds. The number of fused-ring (bicyclic) bond motifs is 1. The predicted molar refractivity (Wildman–Crippen MR) is 86.5 cm³/mol. The van der Waals surface area contributed by atoms with Crippen molar-refractivity contribution in [3.63, 3.8) is 0 Å². The summed E-state index contributed by atoms with van der Waals surface area (Å²) in [5, 5.41) is 3.17. The fraction of sp³-hybridized carbons (Fsp3) is 0.188. The zero-order valence-corrected chi connectivity index (χ0v) is 13.1. The van der Waals surface area contributed by atoms with Crippen molar-refractivity contribution >= 4 is 38.6 Å². The molecule has 2 heterocycles. The van der Waals surface area contributed by atoms with Crippen molar-refractivity contribution in [2.75, 3.05) is 5.32 Å². The van der Waals surface area contributed by atoms with E-state index in [2.05, 4.69) is 10.3 Å². The molecule has 118 valence electrons. The molecule has 0 saturated heterocycles. The lowest BCUT2D eigenvalue weighted by molar-refractivity contribution is -0.124. The van der Waals surface area contributed by atoms with Gasteiger partial charge in [-0.1, -0.05) is 30.4 Å². The van der Waals surface area contributed by atoms with Gasteiger partial charge in [0.1, 0.15) is 0 Å². The summed E-state index contributed by atoms with van der Waals surface area (Å²) in [6.07, 6.45) is 0.821. The number of aromatic nitrogens is 1. The average Bonchev–Trinajstić information content (AvgIpc) is 3.20. The third kappa shape index (κ3) is 3.40. The van der Waals surface area contributed by atoms with E-state index in [9.17, 15) is 9.59 Å². The minimum Gasteiger partial charge on any atom is -0.457 e. The van der Waals surface area contributed by atoms with Crippen LogP contribution in [0.5, 0.6) is 0 Å². The second-order valence-electron chi connectivity index (χ2n) is 4.76. The van der Waals surface area contributed by atoms with Crippen LogP contribution < -0.4 is 5.32 Å². The number of carbonyl (C=O) groups is 2. The molecule has 6 nitrogen and oxygen atoms in total. The molecule has 0 aliphatic rings. The van der Waals surface area contributed by atoms with Crippen molar-refractivity contribution in [2.24, 2.45) is 0 Å². The summed E-state index contributed by atoms with van der Waals surface area (Å²) in [6, 6.07) is 10.7. The van der Waals surface area contributed by atoms with Crippen LogP contribution in [0, 0.1) is 0 Å². The summed E-state index contributed by atoms with van der Waals surface area (Å²) in [5.41, 5.74) is 0.813. The highest BCUT2D eigenvalue weighted by Crippen LogP contribution is 2.25. The van der Waals surface area contributed by atoms with Gasteiger partial charge in [-0.05, 0) is 30.7 Å². The summed E-state index contributed by atoms with van der Waals surface area (Å²) in [4.78, 5) is 28.5. The van der Waals surface area contributed by atoms with Crippen molar-refractivity contribution in [3.8, 4) is 0 Å². The van der Waals surface area contributed by atoms with E-state index in [0.29, 0.717) is 11.6 Å². The zero-order valence-electron chi connectivity index (χ0n) is 12.3. The molecule has 0 aliphatic carbocycles. The number of anilines is 1. The number of esters is 1. The number of amides is 1. The molecule has 1 atom stereocenters. The van der Waals surface area contributed by atoms with Crippen LogP contribution >= 0.6 is 11.3 Å². The highest BCUT2D eigenvalue weighted by atomic mass is 32.1. The van der Waals surface area contributed by atoms with Crippen LogP contribution in [-0.4, -0.2) is 23.0 Å². The fourth-order valence-electron chi connectivity index (χ4n) is 2.02. The number of benzene rings is 1. The summed E-state index contributed by atoms with van der Waals surface area (Å²) < 4.78 is 11.1. The first-order valence-corrected chi connectivity index (χ1v) is 7.90. The number of hydrogen-bond donors (Lipinski definition) is 1. The molecule has 0 fully saturated rings. The van der Waals surface area contributed by atoms with Crippen LogP contribution in [0.25, 0.3) is 10.2 Å². The third-order valence-corrected chi connectivity index (χ3v) is 4.11. The molecule has 1 unspecified atom stereocenters. The number of thiazole rings is 1. The van der Waals surface area contributed by atoms with E-state index in [1.807, 2.05) is 24.3 Å². The van der Waals surface area contributed by atoms with Crippen LogP contribution in [-0.2, 0) is 9.53 Å². The first-order valence-electron chi connectivity index (χ1n) is 7.08. The van der Waals surface area contributed by atoms with Crippen LogP contribution in [0.2, 0.25) is 0 Å². The van der Waals surface area contributed by atoms with Gasteiger partial charge in [0.2, 0.25) is 5.76 Å². The van der Waals surface area contributed by atoms with Gasteiger partial charge in [0, 0.05) is 0 Å².